The molecule has 15 heavy (non-hydrogen) atoms. The van der Waals surface area contributed by atoms with Crippen molar-refractivity contribution < 1.29 is 14.7 Å². The molecule has 0 aromatic carbocycles. The minimum Gasteiger partial charge on any atom is -0.396 e. The van der Waals surface area contributed by atoms with Gasteiger partial charge in [0.1, 0.15) is 0 Å². The minimum atomic E-state index is -0.843. The molecule has 0 radical (unpaired) electrons. The second-order valence-corrected chi connectivity index (χ2v) is 3.24. The number of hydrogen-bond acceptors (Lipinski definition) is 4. The van der Waals surface area contributed by atoms with E-state index in [9.17, 15) is 9.59 Å². The zero-order chi connectivity index (χ0) is 11.8. The highest BCUT2D eigenvalue weighted by molar-refractivity contribution is 5.96. The number of hydrogen-bond donors (Lipinski definition) is 3. The third-order valence-corrected chi connectivity index (χ3v) is 2.18. The number of amides is 3. The van der Waals surface area contributed by atoms with Crippen LogP contribution in [-0.2, 0) is 4.79 Å². The van der Waals surface area contributed by atoms with Gasteiger partial charge in [0.25, 0.3) is 0 Å². The van der Waals surface area contributed by atoms with Gasteiger partial charge in [0.2, 0.25) is 5.91 Å². The molecule has 0 saturated carbocycles. The average molecular weight is 217 g/mol. The second-order valence-electron chi connectivity index (χ2n) is 3.24. The quantitative estimate of drug-likeness (QED) is 0.547. The normalized spacial score (nSPS) is 12.5. The molecule has 6 heteroatoms. The Bertz CT molecular complexity index is 221. The molecule has 0 fully saturated rings. The van der Waals surface area contributed by atoms with Crippen LogP contribution < -0.4 is 11.1 Å². The molecular formula is C9H19N3O3. The molecule has 4 N–H and O–H groups in total. The Balaban J connectivity index is 4.17. The summed E-state index contributed by atoms with van der Waals surface area (Å²) >= 11 is 0. The first kappa shape index (κ1) is 13.9. The molecule has 0 spiro atoms. The van der Waals surface area contributed by atoms with E-state index in [4.69, 9.17) is 10.8 Å². The molecule has 0 rings (SSSR count). The summed E-state index contributed by atoms with van der Waals surface area (Å²) in [7, 11) is 0. The number of likely N-dealkylation sites (N-methyl/N-ethyl adjacent to an activating group) is 1. The number of carbonyl (C=O) groups excluding carboxylic acids is 2. The van der Waals surface area contributed by atoms with E-state index in [0.717, 1.165) is 0 Å². The second kappa shape index (κ2) is 7.19. The fourth-order valence-electron chi connectivity index (χ4n) is 1.29. The number of imide groups is 1. The van der Waals surface area contributed by atoms with Gasteiger partial charge >= 0.3 is 6.03 Å². The highest BCUT2D eigenvalue weighted by atomic mass is 16.3. The van der Waals surface area contributed by atoms with Crippen molar-refractivity contribution >= 4 is 11.9 Å². The Hall–Kier alpha value is -1.14. The number of nitrogens with zero attached hydrogens (tertiary/aromatic N) is 1. The molecule has 1 unspecified atom stereocenters. The highest BCUT2D eigenvalue weighted by Crippen LogP contribution is 2.00. The van der Waals surface area contributed by atoms with E-state index in [1.54, 1.807) is 6.92 Å². The number of nitrogens with one attached hydrogen (secondary N) is 1. The highest BCUT2D eigenvalue weighted by Gasteiger charge is 2.20. The van der Waals surface area contributed by atoms with E-state index in [2.05, 4.69) is 0 Å². The van der Waals surface area contributed by atoms with Crippen molar-refractivity contribution in [2.75, 3.05) is 19.7 Å². The van der Waals surface area contributed by atoms with E-state index in [1.165, 1.54) is 0 Å². The number of aliphatic hydroxyl groups excluding tert-OH is 1. The number of nitrogens with two attached hydrogens (primary N) is 1. The summed E-state index contributed by atoms with van der Waals surface area (Å²) in [6, 6.07) is -1.26. The van der Waals surface area contributed by atoms with Crippen molar-refractivity contribution in [3.63, 3.8) is 0 Å². The van der Waals surface area contributed by atoms with E-state index in [-0.39, 0.29) is 6.61 Å². The molecule has 0 aliphatic carbocycles. The summed E-state index contributed by atoms with van der Waals surface area (Å²) < 4.78 is 0. The first-order valence-electron chi connectivity index (χ1n) is 4.98. The molecule has 0 aliphatic heterocycles. The zero-order valence-electron chi connectivity index (χ0n) is 9.19. The van der Waals surface area contributed by atoms with Crippen molar-refractivity contribution in [1.82, 2.24) is 10.2 Å². The van der Waals surface area contributed by atoms with Crippen LogP contribution in [-0.4, -0.2) is 47.7 Å². The van der Waals surface area contributed by atoms with Crippen LogP contribution in [0.2, 0.25) is 0 Å². The number of primary amides is 1. The van der Waals surface area contributed by atoms with Gasteiger partial charge in [-0.05, 0) is 19.9 Å². The largest absolute Gasteiger partial charge is 0.396 e. The fourth-order valence-corrected chi connectivity index (χ4v) is 1.29. The maximum absolute atomic E-state index is 11.4. The van der Waals surface area contributed by atoms with Crippen molar-refractivity contribution in [3.8, 4) is 0 Å². The van der Waals surface area contributed by atoms with Crippen molar-refractivity contribution in [2.45, 2.75) is 26.3 Å². The van der Waals surface area contributed by atoms with Gasteiger partial charge < -0.3 is 10.8 Å². The third kappa shape index (κ3) is 5.34. The van der Waals surface area contributed by atoms with Crippen LogP contribution in [0.4, 0.5) is 4.79 Å². The Morgan fingerprint density at radius 2 is 2.13 bits per heavy atom. The summed E-state index contributed by atoms with van der Waals surface area (Å²) in [6.45, 7) is 4.97. The fraction of sp³-hybridized carbons (Fsp3) is 0.778. The molecule has 0 aliphatic rings. The number of urea groups is 1. The van der Waals surface area contributed by atoms with Crippen LogP contribution in [0.1, 0.15) is 20.3 Å². The molecule has 6 nitrogen and oxygen atoms in total. The summed E-state index contributed by atoms with van der Waals surface area (Å²) in [5.41, 5.74) is 4.84. The first-order valence-corrected chi connectivity index (χ1v) is 4.98. The lowest BCUT2D eigenvalue weighted by atomic mass is 10.2. The third-order valence-electron chi connectivity index (χ3n) is 2.18. The van der Waals surface area contributed by atoms with E-state index >= 15 is 0 Å². The maximum Gasteiger partial charge on any atom is 0.318 e. The molecule has 1 atom stereocenters. The standard InChI is InChI=1S/C9H19N3O3/c1-3-12(5-4-6-13)7(2)8(14)11-9(10)15/h7,13H,3-6H2,1-2H3,(H3,10,11,14,15). The predicted octanol–water partition coefficient (Wildman–Crippen LogP) is -0.726. The van der Waals surface area contributed by atoms with Crippen LogP contribution in [0.25, 0.3) is 0 Å². The number of carbonyl (C=O) groups is 2. The summed E-state index contributed by atoms with van der Waals surface area (Å²) in [4.78, 5) is 23.7. The van der Waals surface area contributed by atoms with Gasteiger partial charge in [-0.3, -0.25) is 15.0 Å². The maximum atomic E-state index is 11.4. The number of rotatable bonds is 6. The summed E-state index contributed by atoms with van der Waals surface area (Å²) in [5, 5.41) is 10.7. The molecule has 0 aromatic heterocycles. The topological polar surface area (TPSA) is 95.7 Å². The Kier molecular flexibility index (Phi) is 6.64. The van der Waals surface area contributed by atoms with Crippen molar-refractivity contribution in [2.24, 2.45) is 5.73 Å². The molecule has 3 amide bonds. The lowest BCUT2D eigenvalue weighted by Gasteiger charge is -2.25. The van der Waals surface area contributed by atoms with Gasteiger partial charge in [0.05, 0.1) is 6.04 Å². The van der Waals surface area contributed by atoms with Crippen LogP contribution in [0, 0.1) is 0 Å². The SMILES string of the molecule is CCN(CCCO)C(C)C(=O)NC(N)=O. The Morgan fingerprint density at radius 1 is 1.53 bits per heavy atom. The Morgan fingerprint density at radius 3 is 2.53 bits per heavy atom. The van der Waals surface area contributed by atoms with Gasteiger partial charge in [-0.25, -0.2) is 4.79 Å². The summed E-state index contributed by atoms with van der Waals surface area (Å²) in [5.74, 6) is -0.415. The van der Waals surface area contributed by atoms with Gasteiger partial charge in [-0.2, -0.15) is 0 Å². The smallest absolute Gasteiger partial charge is 0.318 e. The first-order chi connectivity index (χ1) is 7.02. The monoisotopic (exact) mass is 217 g/mol. The van der Waals surface area contributed by atoms with Gasteiger partial charge in [0, 0.05) is 13.2 Å². The number of aliphatic hydroxyl groups is 1. The van der Waals surface area contributed by atoms with Gasteiger partial charge in [-0.15, -0.1) is 0 Å². The summed E-state index contributed by atoms with van der Waals surface area (Å²) in [6.07, 6.45) is 0.599. The lowest BCUT2D eigenvalue weighted by Crippen LogP contribution is -2.48. The molecule has 88 valence electrons. The lowest BCUT2D eigenvalue weighted by molar-refractivity contribution is -0.124. The van der Waals surface area contributed by atoms with Crippen molar-refractivity contribution in [1.29, 1.82) is 0 Å². The van der Waals surface area contributed by atoms with Crippen LogP contribution in [0.15, 0.2) is 0 Å². The molecule has 0 heterocycles. The van der Waals surface area contributed by atoms with Crippen LogP contribution >= 0.6 is 0 Å². The van der Waals surface area contributed by atoms with Gasteiger partial charge in [0.15, 0.2) is 0 Å². The minimum absolute atomic E-state index is 0.0840. The van der Waals surface area contributed by atoms with E-state index < -0.39 is 18.0 Å². The molecule has 0 bridgehead atoms. The molecule has 0 saturated heterocycles. The predicted molar refractivity (Wildman–Crippen MR) is 56.1 cm³/mol. The van der Waals surface area contributed by atoms with Crippen LogP contribution in [0.5, 0.6) is 0 Å². The molecule has 0 aromatic rings. The van der Waals surface area contributed by atoms with Crippen molar-refractivity contribution in [3.05, 3.63) is 0 Å². The van der Waals surface area contributed by atoms with E-state index in [1.807, 2.05) is 17.1 Å². The zero-order valence-corrected chi connectivity index (χ0v) is 9.19. The average Bonchev–Trinajstić information content (AvgIpc) is 2.17. The van der Waals surface area contributed by atoms with E-state index in [0.29, 0.717) is 19.5 Å². The Labute approximate surface area is 89.4 Å². The molecular weight excluding hydrogens is 198 g/mol. The van der Waals surface area contributed by atoms with Gasteiger partial charge in [-0.1, -0.05) is 6.92 Å². The van der Waals surface area contributed by atoms with Crippen LogP contribution in [0.3, 0.4) is 0 Å².